The Labute approximate surface area is 109 Å². The molecule has 19 heavy (non-hydrogen) atoms. The lowest BCUT2D eigenvalue weighted by atomic mass is 9.82. The van der Waals surface area contributed by atoms with Crippen LogP contribution in [0.5, 0.6) is 0 Å². The van der Waals surface area contributed by atoms with Crippen molar-refractivity contribution in [2.75, 3.05) is 0 Å². The average molecular weight is 277 g/mol. The first kappa shape index (κ1) is 14.4. The van der Waals surface area contributed by atoms with Crippen LogP contribution in [0, 0.1) is 6.92 Å². The standard InChI is InChI=1S/C11H15BF3NO3/c1-6-7(11(13,14)15)17-16-8(6)12-18-9(2,3)10(4,5)19-12/h1-5H3. The Kier molecular flexibility index (Phi) is 3.02. The van der Waals surface area contributed by atoms with Gasteiger partial charge in [-0.15, -0.1) is 0 Å². The number of hydrogen-bond donors (Lipinski definition) is 0. The summed E-state index contributed by atoms with van der Waals surface area (Å²) < 4.78 is 53.6. The highest BCUT2D eigenvalue weighted by Crippen LogP contribution is 2.37. The van der Waals surface area contributed by atoms with Crippen LogP contribution in [-0.4, -0.2) is 23.5 Å². The highest BCUT2D eigenvalue weighted by atomic mass is 19.4. The Morgan fingerprint density at radius 2 is 1.53 bits per heavy atom. The molecule has 0 N–H and O–H groups in total. The van der Waals surface area contributed by atoms with Gasteiger partial charge in [-0.05, 0) is 34.6 Å². The second-order valence-electron chi connectivity index (χ2n) is 5.61. The Balaban J connectivity index is 2.34. The molecule has 0 spiro atoms. The number of alkyl halides is 3. The van der Waals surface area contributed by atoms with Gasteiger partial charge in [0.25, 0.3) is 0 Å². The molecule has 2 rings (SSSR count). The first-order chi connectivity index (χ1) is 8.46. The van der Waals surface area contributed by atoms with Crippen LogP contribution in [0.4, 0.5) is 13.2 Å². The molecule has 1 aliphatic rings. The molecular weight excluding hydrogens is 262 g/mol. The van der Waals surface area contributed by atoms with Gasteiger partial charge < -0.3 is 13.8 Å². The molecule has 8 heteroatoms. The van der Waals surface area contributed by atoms with Crippen molar-refractivity contribution < 1.29 is 27.0 Å². The summed E-state index contributed by atoms with van der Waals surface area (Å²) in [4.78, 5) is 0. The fourth-order valence-electron chi connectivity index (χ4n) is 1.79. The molecule has 1 aliphatic heterocycles. The van der Waals surface area contributed by atoms with Crippen LogP contribution in [0.3, 0.4) is 0 Å². The quantitative estimate of drug-likeness (QED) is 0.739. The van der Waals surface area contributed by atoms with Gasteiger partial charge in [-0.1, -0.05) is 5.16 Å². The molecule has 0 radical (unpaired) electrons. The summed E-state index contributed by atoms with van der Waals surface area (Å²) in [6.45, 7) is 8.54. The summed E-state index contributed by atoms with van der Waals surface area (Å²) in [5.41, 5.74) is -1.35. The first-order valence-corrected chi connectivity index (χ1v) is 5.85. The number of nitrogens with zero attached hydrogens (tertiary/aromatic N) is 1. The van der Waals surface area contributed by atoms with E-state index in [1.165, 1.54) is 6.92 Å². The molecule has 0 atom stereocenters. The molecular formula is C11H15BF3NO3. The summed E-state index contributed by atoms with van der Waals surface area (Å²) in [6.07, 6.45) is -4.57. The summed E-state index contributed by atoms with van der Waals surface area (Å²) in [5, 5.41) is 3.45. The van der Waals surface area contributed by atoms with E-state index >= 15 is 0 Å². The minimum Gasteiger partial charge on any atom is -0.398 e. The van der Waals surface area contributed by atoms with E-state index in [2.05, 4.69) is 9.68 Å². The van der Waals surface area contributed by atoms with Gasteiger partial charge in [0.15, 0.2) is 0 Å². The molecule has 0 saturated carbocycles. The fourth-order valence-corrected chi connectivity index (χ4v) is 1.79. The van der Waals surface area contributed by atoms with Crippen molar-refractivity contribution in [1.29, 1.82) is 0 Å². The largest absolute Gasteiger partial charge is 0.518 e. The van der Waals surface area contributed by atoms with Crippen LogP contribution in [0.15, 0.2) is 4.52 Å². The van der Waals surface area contributed by atoms with Crippen molar-refractivity contribution in [3.8, 4) is 0 Å². The molecule has 1 aromatic rings. The van der Waals surface area contributed by atoms with E-state index in [1.807, 2.05) is 27.7 Å². The van der Waals surface area contributed by atoms with E-state index in [1.54, 1.807) is 0 Å². The third kappa shape index (κ3) is 2.27. The molecule has 2 heterocycles. The lowest BCUT2D eigenvalue weighted by Gasteiger charge is -2.32. The Morgan fingerprint density at radius 3 is 1.89 bits per heavy atom. The SMILES string of the molecule is Cc1c(B2OC(C)(C)C(C)(C)O2)noc1C(F)(F)F. The summed E-state index contributed by atoms with van der Waals surface area (Å²) in [7, 11) is -0.954. The second-order valence-corrected chi connectivity index (χ2v) is 5.61. The molecule has 0 amide bonds. The zero-order chi connectivity index (χ0) is 14.6. The van der Waals surface area contributed by atoms with Crippen LogP contribution >= 0.6 is 0 Å². The van der Waals surface area contributed by atoms with Gasteiger partial charge in [-0.25, -0.2) is 0 Å². The van der Waals surface area contributed by atoms with Crippen molar-refractivity contribution in [2.24, 2.45) is 0 Å². The van der Waals surface area contributed by atoms with Crippen LogP contribution in [0.2, 0.25) is 0 Å². The van der Waals surface area contributed by atoms with Crippen molar-refractivity contribution in [2.45, 2.75) is 52.0 Å². The number of aromatic nitrogens is 1. The maximum absolute atomic E-state index is 12.6. The molecule has 0 aliphatic carbocycles. The maximum atomic E-state index is 12.6. The van der Waals surface area contributed by atoms with Gasteiger partial charge in [0.05, 0.1) is 11.2 Å². The van der Waals surface area contributed by atoms with Gasteiger partial charge in [0, 0.05) is 5.56 Å². The van der Waals surface area contributed by atoms with Gasteiger partial charge in [0.1, 0.15) is 5.59 Å². The van der Waals surface area contributed by atoms with Crippen molar-refractivity contribution in [3.05, 3.63) is 11.3 Å². The van der Waals surface area contributed by atoms with E-state index in [4.69, 9.17) is 9.31 Å². The topological polar surface area (TPSA) is 44.5 Å². The van der Waals surface area contributed by atoms with Crippen molar-refractivity contribution in [3.63, 3.8) is 0 Å². The van der Waals surface area contributed by atoms with Crippen LogP contribution in [-0.2, 0) is 15.5 Å². The smallest absolute Gasteiger partial charge is 0.398 e. The van der Waals surface area contributed by atoms with Gasteiger partial charge in [-0.2, -0.15) is 13.2 Å². The molecule has 0 aromatic carbocycles. The summed E-state index contributed by atoms with van der Waals surface area (Å²) >= 11 is 0. The second kappa shape index (κ2) is 3.99. The third-order valence-electron chi connectivity index (χ3n) is 3.69. The normalized spacial score (nSPS) is 22.0. The minimum absolute atomic E-state index is 0.0333. The van der Waals surface area contributed by atoms with E-state index in [9.17, 15) is 13.2 Å². The van der Waals surface area contributed by atoms with Gasteiger partial charge in [0.2, 0.25) is 5.76 Å². The minimum atomic E-state index is -4.57. The molecule has 0 unspecified atom stereocenters. The van der Waals surface area contributed by atoms with E-state index in [0.717, 1.165) is 0 Å². The molecule has 106 valence electrons. The van der Waals surface area contributed by atoms with Crippen LogP contribution in [0.1, 0.15) is 39.0 Å². The lowest BCUT2D eigenvalue weighted by molar-refractivity contribution is -0.156. The van der Waals surface area contributed by atoms with Gasteiger partial charge >= 0.3 is 13.3 Å². The highest BCUT2D eigenvalue weighted by molar-refractivity contribution is 6.61. The first-order valence-electron chi connectivity index (χ1n) is 5.85. The lowest BCUT2D eigenvalue weighted by Crippen LogP contribution is -2.41. The summed E-state index contributed by atoms with van der Waals surface area (Å²) in [6, 6.07) is 0. The Morgan fingerprint density at radius 1 is 1.05 bits per heavy atom. The van der Waals surface area contributed by atoms with Crippen LogP contribution < -0.4 is 5.59 Å². The molecule has 1 aromatic heterocycles. The average Bonchev–Trinajstić information content (AvgIpc) is 2.65. The number of halogens is 3. The van der Waals surface area contributed by atoms with Crippen LogP contribution in [0.25, 0.3) is 0 Å². The molecule has 0 bridgehead atoms. The third-order valence-corrected chi connectivity index (χ3v) is 3.69. The van der Waals surface area contributed by atoms with Crippen molar-refractivity contribution in [1.82, 2.24) is 5.16 Å². The van der Waals surface area contributed by atoms with Crippen molar-refractivity contribution >= 4 is 12.7 Å². The fraction of sp³-hybridized carbons (Fsp3) is 0.727. The summed E-state index contributed by atoms with van der Waals surface area (Å²) in [5.74, 6) is -1.11. The maximum Gasteiger partial charge on any atom is 0.518 e. The number of rotatable bonds is 1. The molecule has 1 fully saturated rings. The zero-order valence-electron chi connectivity index (χ0n) is 11.4. The van der Waals surface area contributed by atoms with E-state index < -0.39 is 30.3 Å². The van der Waals surface area contributed by atoms with Gasteiger partial charge in [-0.3, -0.25) is 0 Å². The predicted octanol–water partition coefficient (Wildman–Crippen LogP) is 2.30. The number of hydrogen-bond acceptors (Lipinski definition) is 4. The predicted molar refractivity (Wildman–Crippen MR) is 62.0 cm³/mol. The monoisotopic (exact) mass is 277 g/mol. The molecule has 1 saturated heterocycles. The molecule has 4 nitrogen and oxygen atoms in total. The van der Waals surface area contributed by atoms with E-state index in [-0.39, 0.29) is 11.2 Å². The Hall–Kier alpha value is -1.02. The zero-order valence-corrected chi connectivity index (χ0v) is 11.4. The van der Waals surface area contributed by atoms with E-state index in [0.29, 0.717) is 0 Å². The highest BCUT2D eigenvalue weighted by Gasteiger charge is 2.54. The Bertz CT molecular complexity index is 480.